The van der Waals surface area contributed by atoms with Crippen molar-refractivity contribution >= 4 is 17.0 Å². The number of esters is 1. The van der Waals surface area contributed by atoms with E-state index in [-0.39, 0.29) is 18.3 Å². The molecule has 0 aliphatic carbocycles. The number of carbonyl (C=O) groups is 1. The summed E-state index contributed by atoms with van der Waals surface area (Å²) >= 11 is -2.15. The van der Waals surface area contributed by atoms with Crippen molar-refractivity contribution in [3.05, 3.63) is 0 Å². The Morgan fingerprint density at radius 3 is 2.55 bits per heavy atom. The fraction of sp³-hybridized carbons (Fsp3) is 0.833. The van der Waals surface area contributed by atoms with E-state index >= 15 is 0 Å². The van der Waals surface area contributed by atoms with E-state index in [4.69, 9.17) is 0 Å². The minimum atomic E-state index is -2.15. The van der Waals surface area contributed by atoms with Crippen molar-refractivity contribution in [2.75, 3.05) is 5.75 Å². The van der Waals surface area contributed by atoms with E-state index in [2.05, 4.69) is 4.74 Å². The summed E-state index contributed by atoms with van der Waals surface area (Å²) in [4.78, 5) is 10.7. The Kier molecular flexibility index (Phi) is 5.06. The Balaban J connectivity index is 3.45. The van der Waals surface area contributed by atoms with Crippen molar-refractivity contribution in [2.24, 2.45) is 0 Å². The summed E-state index contributed by atoms with van der Waals surface area (Å²) in [5.74, 6) is -0.629. The van der Waals surface area contributed by atoms with Gasteiger partial charge in [-0.2, -0.15) is 0 Å². The van der Waals surface area contributed by atoms with Crippen LogP contribution in [0.5, 0.6) is 0 Å². The number of rotatable bonds is 4. The molecule has 0 aromatic carbocycles. The van der Waals surface area contributed by atoms with Crippen LogP contribution in [-0.4, -0.2) is 26.6 Å². The van der Waals surface area contributed by atoms with Crippen LogP contribution in [0, 0.1) is 0 Å². The van der Waals surface area contributed by atoms with Crippen LogP contribution in [0.15, 0.2) is 0 Å². The van der Waals surface area contributed by atoms with Gasteiger partial charge in [0.2, 0.25) is 0 Å². The van der Waals surface area contributed by atoms with E-state index in [1.807, 2.05) is 0 Å². The normalized spacial score (nSPS) is 13.1. The van der Waals surface area contributed by atoms with Crippen molar-refractivity contribution in [2.45, 2.75) is 26.4 Å². The topological polar surface area (TPSA) is 66.4 Å². The summed E-state index contributed by atoms with van der Waals surface area (Å²) in [5.41, 5.74) is 0. The van der Waals surface area contributed by atoms with Gasteiger partial charge in [-0.15, -0.1) is 0 Å². The van der Waals surface area contributed by atoms with Crippen molar-refractivity contribution in [1.29, 1.82) is 0 Å². The second-order valence-corrected chi connectivity index (χ2v) is 3.31. The van der Waals surface area contributed by atoms with E-state index in [0.717, 1.165) is 0 Å². The van der Waals surface area contributed by atoms with Gasteiger partial charge >= 0.3 is 5.97 Å². The minimum Gasteiger partial charge on any atom is -0.772 e. The first kappa shape index (κ1) is 10.6. The van der Waals surface area contributed by atoms with Crippen LogP contribution in [0.4, 0.5) is 0 Å². The largest absolute Gasteiger partial charge is 0.772 e. The summed E-state index contributed by atoms with van der Waals surface area (Å²) < 4.78 is 24.7. The first-order valence-corrected chi connectivity index (χ1v) is 4.52. The van der Waals surface area contributed by atoms with Gasteiger partial charge in [-0.3, -0.25) is 9.00 Å². The standard InChI is InChI=1S/C6H12O4S/c1-5(2)10-6(7)3-4-11(8)9/h5H,3-4H2,1-2H3,(H,8,9)/p-1. The first-order chi connectivity index (χ1) is 5.02. The molecule has 5 heteroatoms. The van der Waals surface area contributed by atoms with E-state index < -0.39 is 17.0 Å². The minimum absolute atomic E-state index is 0.0612. The molecule has 0 aromatic heterocycles. The second kappa shape index (κ2) is 5.26. The zero-order chi connectivity index (χ0) is 8.85. The number of hydrogen-bond acceptors (Lipinski definition) is 4. The highest BCUT2D eigenvalue weighted by Gasteiger charge is 2.03. The molecule has 0 heterocycles. The molecular formula is C6H11O4S-. The molecule has 0 rings (SSSR count). The zero-order valence-electron chi connectivity index (χ0n) is 6.53. The fourth-order valence-electron chi connectivity index (χ4n) is 0.488. The molecule has 1 unspecified atom stereocenters. The lowest BCUT2D eigenvalue weighted by molar-refractivity contribution is -0.146. The van der Waals surface area contributed by atoms with Gasteiger partial charge in [-0.05, 0) is 13.8 Å². The van der Waals surface area contributed by atoms with Gasteiger partial charge in [0, 0.05) is 5.75 Å². The molecule has 0 aliphatic heterocycles. The third-order valence-corrected chi connectivity index (χ3v) is 1.38. The summed E-state index contributed by atoms with van der Waals surface area (Å²) in [6.07, 6.45) is -0.239. The summed E-state index contributed by atoms with van der Waals surface area (Å²) in [5, 5.41) is 0. The Morgan fingerprint density at radius 2 is 2.18 bits per heavy atom. The van der Waals surface area contributed by atoms with Crippen molar-refractivity contribution in [3.63, 3.8) is 0 Å². The lowest BCUT2D eigenvalue weighted by atomic mass is 10.4. The van der Waals surface area contributed by atoms with Gasteiger partial charge in [0.25, 0.3) is 0 Å². The summed E-state index contributed by atoms with van der Waals surface area (Å²) in [7, 11) is 0. The highest BCUT2D eigenvalue weighted by Crippen LogP contribution is 1.93. The highest BCUT2D eigenvalue weighted by atomic mass is 32.2. The van der Waals surface area contributed by atoms with Crippen molar-refractivity contribution in [3.8, 4) is 0 Å². The van der Waals surface area contributed by atoms with Gasteiger partial charge in [0.05, 0.1) is 12.5 Å². The SMILES string of the molecule is CC(C)OC(=O)CCS(=O)[O-]. The first-order valence-electron chi connectivity index (χ1n) is 3.27. The van der Waals surface area contributed by atoms with Crippen LogP contribution in [-0.2, 0) is 20.6 Å². The van der Waals surface area contributed by atoms with Crippen LogP contribution in [0.1, 0.15) is 20.3 Å². The smallest absolute Gasteiger partial charge is 0.306 e. The van der Waals surface area contributed by atoms with Crippen LogP contribution in [0.2, 0.25) is 0 Å². The quantitative estimate of drug-likeness (QED) is 0.457. The monoisotopic (exact) mass is 179 g/mol. The Bertz CT molecular complexity index is 155. The third-order valence-electron chi connectivity index (χ3n) is 0.840. The van der Waals surface area contributed by atoms with Gasteiger partial charge in [-0.1, -0.05) is 11.1 Å². The molecule has 0 aliphatic rings. The van der Waals surface area contributed by atoms with Gasteiger partial charge in [-0.25, -0.2) is 0 Å². The maximum atomic E-state index is 10.7. The fourth-order valence-corrected chi connectivity index (χ4v) is 0.822. The predicted molar refractivity (Wildman–Crippen MR) is 39.6 cm³/mol. The van der Waals surface area contributed by atoms with Crippen LogP contribution >= 0.6 is 0 Å². The summed E-state index contributed by atoms with van der Waals surface area (Å²) in [6.45, 7) is 3.43. The van der Waals surface area contributed by atoms with E-state index in [1.54, 1.807) is 13.8 Å². The second-order valence-electron chi connectivity index (χ2n) is 2.30. The van der Waals surface area contributed by atoms with E-state index in [1.165, 1.54) is 0 Å². The Hall–Kier alpha value is -0.420. The Morgan fingerprint density at radius 1 is 1.64 bits per heavy atom. The van der Waals surface area contributed by atoms with E-state index in [0.29, 0.717) is 0 Å². The summed E-state index contributed by atoms with van der Waals surface area (Å²) in [6, 6.07) is 0. The van der Waals surface area contributed by atoms with Crippen LogP contribution < -0.4 is 0 Å². The molecule has 0 radical (unpaired) electrons. The molecule has 1 atom stereocenters. The molecule has 0 bridgehead atoms. The maximum Gasteiger partial charge on any atom is 0.306 e. The van der Waals surface area contributed by atoms with Gasteiger partial charge < -0.3 is 9.29 Å². The number of hydrogen-bond donors (Lipinski definition) is 0. The average molecular weight is 179 g/mol. The van der Waals surface area contributed by atoms with Crippen LogP contribution in [0.25, 0.3) is 0 Å². The molecule has 0 spiro atoms. The zero-order valence-corrected chi connectivity index (χ0v) is 7.35. The van der Waals surface area contributed by atoms with Gasteiger partial charge in [0.1, 0.15) is 0 Å². The highest BCUT2D eigenvalue weighted by molar-refractivity contribution is 7.79. The molecule has 0 saturated heterocycles. The molecule has 0 aromatic rings. The molecular weight excluding hydrogens is 168 g/mol. The predicted octanol–water partition coefficient (Wildman–Crippen LogP) is 0.207. The lowest BCUT2D eigenvalue weighted by Gasteiger charge is -2.08. The molecule has 66 valence electrons. The lowest BCUT2D eigenvalue weighted by Crippen LogP contribution is -2.13. The molecule has 0 amide bonds. The Labute approximate surface area is 68.2 Å². The molecule has 0 fully saturated rings. The number of ether oxygens (including phenoxy) is 1. The maximum absolute atomic E-state index is 10.7. The molecule has 0 N–H and O–H groups in total. The molecule has 4 nitrogen and oxygen atoms in total. The van der Waals surface area contributed by atoms with Crippen LogP contribution in [0.3, 0.4) is 0 Å². The molecule has 0 saturated carbocycles. The van der Waals surface area contributed by atoms with E-state index in [9.17, 15) is 13.6 Å². The number of carbonyl (C=O) groups excluding carboxylic acids is 1. The van der Waals surface area contributed by atoms with Crippen molar-refractivity contribution in [1.82, 2.24) is 0 Å². The third kappa shape index (κ3) is 7.48. The van der Waals surface area contributed by atoms with Gasteiger partial charge in [0.15, 0.2) is 0 Å². The molecule has 11 heavy (non-hydrogen) atoms. The average Bonchev–Trinajstić information content (AvgIpc) is 1.82. The van der Waals surface area contributed by atoms with Crippen molar-refractivity contribution < 1.29 is 18.3 Å².